The minimum atomic E-state index is -0.0556. The SMILES string of the molecule is C=C.[Mg+2].[NH-]C(=S)S.[NH-]C(=S)S. The maximum atomic E-state index is 6.18. The van der Waals surface area contributed by atoms with Crippen molar-refractivity contribution in [2.75, 3.05) is 0 Å². The second-order valence-corrected chi connectivity index (χ2v) is 2.93. The maximum absolute atomic E-state index is 6.18. The first kappa shape index (κ1) is 22.7. The molecular formula is C4H8MgN2S4. The smallest absolute Gasteiger partial charge is 0.684 e. The van der Waals surface area contributed by atoms with Crippen LogP contribution in [0.1, 0.15) is 0 Å². The molecule has 2 N–H and O–H groups in total. The summed E-state index contributed by atoms with van der Waals surface area (Å²) in [6.07, 6.45) is 0. The molecule has 0 aromatic carbocycles. The first-order chi connectivity index (χ1) is 4.46. The molecule has 0 aliphatic rings. The Bertz CT molecular complexity index is 88.3. The largest absolute Gasteiger partial charge is 2.00 e. The van der Waals surface area contributed by atoms with Crippen molar-refractivity contribution >= 4 is 81.4 Å². The van der Waals surface area contributed by atoms with Gasteiger partial charge in [-0.1, -0.05) is 24.4 Å². The normalized spacial score (nSPS) is 4.91. The fourth-order valence-corrected chi connectivity index (χ4v) is 0. The molecule has 0 aliphatic heterocycles. The van der Waals surface area contributed by atoms with Crippen LogP contribution in [-0.2, 0) is 0 Å². The predicted molar refractivity (Wildman–Crippen MR) is 68.8 cm³/mol. The van der Waals surface area contributed by atoms with Gasteiger partial charge in [0.25, 0.3) is 0 Å². The van der Waals surface area contributed by atoms with E-state index >= 15 is 0 Å². The van der Waals surface area contributed by atoms with Crippen LogP contribution in [0.5, 0.6) is 0 Å². The third-order valence-electron chi connectivity index (χ3n) is 0. The molecule has 2 nitrogen and oxygen atoms in total. The molecule has 0 atom stereocenters. The average Bonchev–Trinajstić information content (AvgIpc) is 1.66. The molecule has 0 amide bonds. The number of rotatable bonds is 0. The van der Waals surface area contributed by atoms with Crippen LogP contribution in [0, 0.1) is 0 Å². The third-order valence-corrected chi connectivity index (χ3v) is 0. The van der Waals surface area contributed by atoms with E-state index in [1.807, 2.05) is 0 Å². The van der Waals surface area contributed by atoms with Crippen molar-refractivity contribution in [2.45, 2.75) is 0 Å². The molecule has 0 aromatic heterocycles. The Morgan fingerprint density at radius 1 is 1.00 bits per heavy atom. The minimum Gasteiger partial charge on any atom is -0.684 e. The summed E-state index contributed by atoms with van der Waals surface area (Å²) in [4.78, 5) is 0. The van der Waals surface area contributed by atoms with E-state index in [4.69, 9.17) is 11.5 Å². The van der Waals surface area contributed by atoms with Crippen molar-refractivity contribution in [1.29, 1.82) is 0 Å². The van der Waals surface area contributed by atoms with Crippen LogP contribution in [0.4, 0.5) is 0 Å². The van der Waals surface area contributed by atoms with Gasteiger partial charge in [-0.25, -0.2) is 0 Å². The Morgan fingerprint density at radius 2 is 1.00 bits per heavy atom. The van der Waals surface area contributed by atoms with Crippen LogP contribution in [0.2, 0.25) is 0 Å². The fourth-order valence-electron chi connectivity index (χ4n) is 0. The average molecular weight is 237 g/mol. The van der Waals surface area contributed by atoms with E-state index < -0.39 is 0 Å². The molecule has 7 heteroatoms. The van der Waals surface area contributed by atoms with Crippen molar-refractivity contribution in [3.8, 4) is 0 Å². The van der Waals surface area contributed by atoms with Crippen LogP contribution in [0.15, 0.2) is 13.2 Å². The van der Waals surface area contributed by atoms with Gasteiger partial charge >= 0.3 is 23.1 Å². The van der Waals surface area contributed by atoms with Crippen LogP contribution in [0.25, 0.3) is 11.5 Å². The molecule has 0 aliphatic carbocycles. The van der Waals surface area contributed by atoms with Gasteiger partial charge in [-0.05, 0) is 8.64 Å². The summed E-state index contributed by atoms with van der Waals surface area (Å²) in [5, 5.41) is 0. The van der Waals surface area contributed by atoms with Crippen molar-refractivity contribution in [2.24, 2.45) is 0 Å². The number of hydrogen-bond donors (Lipinski definition) is 2. The van der Waals surface area contributed by atoms with E-state index in [2.05, 4.69) is 62.9 Å². The van der Waals surface area contributed by atoms with E-state index in [9.17, 15) is 0 Å². The fraction of sp³-hybridized carbons (Fsp3) is 0. The van der Waals surface area contributed by atoms with Gasteiger partial charge < -0.3 is 11.5 Å². The molecule has 0 rings (SSSR count). The molecule has 0 saturated heterocycles. The molecule has 11 heavy (non-hydrogen) atoms. The molecule has 0 bridgehead atoms. The Balaban J connectivity index is -0.0000000339. The molecule has 0 saturated carbocycles. The zero-order valence-electron chi connectivity index (χ0n) is 5.83. The van der Waals surface area contributed by atoms with Crippen molar-refractivity contribution < 1.29 is 0 Å². The van der Waals surface area contributed by atoms with E-state index in [-0.39, 0.29) is 31.7 Å². The van der Waals surface area contributed by atoms with E-state index in [0.717, 1.165) is 0 Å². The maximum Gasteiger partial charge on any atom is 2.00 e. The number of hydrogen-bond acceptors (Lipinski definition) is 2. The zero-order chi connectivity index (χ0) is 9.15. The summed E-state index contributed by atoms with van der Waals surface area (Å²) < 4.78 is -0.111. The second kappa shape index (κ2) is 22.4. The predicted octanol–water partition coefficient (Wildman–Crippen LogP) is 2.93. The molecule has 0 fully saturated rings. The monoisotopic (exact) mass is 236 g/mol. The molecule has 0 unspecified atom stereocenters. The van der Waals surface area contributed by atoms with Crippen LogP contribution in [-0.4, -0.2) is 31.7 Å². The van der Waals surface area contributed by atoms with Crippen molar-refractivity contribution in [3.63, 3.8) is 0 Å². The molecular weight excluding hydrogens is 229 g/mol. The van der Waals surface area contributed by atoms with Gasteiger partial charge in [0, 0.05) is 0 Å². The van der Waals surface area contributed by atoms with Gasteiger partial charge in [-0.2, -0.15) is 25.3 Å². The Morgan fingerprint density at radius 3 is 1.00 bits per heavy atom. The molecule has 60 valence electrons. The van der Waals surface area contributed by atoms with E-state index in [0.29, 0.717) is 0 Å². The van der Waals surface area contributed by atoms with Crippen LogP contribution in [0.3, 0.4) is 0 Å². The van der Waals surface area contributed by atoms with Gasteiger partial charge in [0.2, 0.25) is 0 Å². The van der Waals surface area contributed by atoms with Gasteiger partial charge in [0.15, 0.2) is 0 Å². The molecule has 0 spiro atoms. The number of thiol groups is 2. The summed E-state index contributed by atoms with van der Waals surface area (Å²) in [6, 6.07) is 0. The Kier molecular flexibility index (Phi) is 46.3. The molecule has 0 heterocycles. The van der Waals surface area contributed by atoms with E-state index in [1.54, 1.807) is 0 Å². The van der Waals surface area contributed by atoms with Crippen LogP contribution < -0.4 is 0 Å². The van der Waals surface area contributed by atoms with Gasteiger partial charge in [-0.15, -0.1) is 13.2 Å². The second-order valence-electron chi connectivity index (χ2n) is 0.610. The Labute approximate surface area is 105 Å². The zero-order valence-corrected chi connectivity index (χ0v) is 10.7. The van der Waals surface area contributed by atoms with Crippen molar-refractivity contribution in [3.05, 3.63) is 24.6 Å². The van der Waals surface area contributed by atoms with Gasteiger partial charge in [0.1, 0.15) is 0 Å². The van der Waals surface area contributed by atoms with E-state index in [1.165, 1.54) is 0 Å². The first-order valence-electron chi connectivity index (χ1n) is 1.86. The number of thiocarbonyl (C=S) groups is 2. The summed E-state index contributed by atoms with van der Waals surface area (Å²) in [6.45, 7) is 6.00. The summed E-state index contributed by atoms with van der Waals surface area (Å²) in [7, 11) is 0. The summed E-state index contributed by atoms with van der Waals surface area (Å²) in [5.41, 5.74) is 12.4. The quantitative estimate of drug-likeness (QED) is 0.294. The number of nitrogens with one attached hydrogen (secondary N) is 2. The van der Waals surface area contributed by atoms with Gasteiger partial charge in [0.05, 0.1) is 0 Å². The molecule has 0 aromatic rings. The third kappa shape index (κ3) is 912. The summed E-state index contributed by atoms with van der Waals surface area (Å²) in [5.74, 6) is 0. The topological polar surface area (TPSA) is 47.6 Å². The summed E-state index contributed by atoms with van der Waals surface area (Å²) >= 11 is 14.9. The van der Waals surface area contributed by atoms with Crippen LogP contribution >= 0.6 is 49.7 Å². The first-order valence-corrected chi connectivity index (χ1v) is 3.57. The Hall–Kier alpha value is 0.986. The van der Waals surface area contributed by atoms with Crippen molar-refractivity contribution in [1.82, 2.24) is 0 Å². The minimum absolute atomic E-state index is 0. The standard InChI is InChI=1S/C2H4.2CH3NS2.Mg/c1-2;2*2-1(3)4;/h1-2H2;2*(H3,2,3,4);/q;;;+2/p-2. The molecule has 0 radical (unpaired) electrons. The van der Waals surface area contributed by atoms with Gasteiger partial charge in [-0.3, -0.25) is 0 Å².